The molecule has 1 aliphatic rings. The van der Waals surface area contributed by atoms with Crippen LogP contribution in [-0.2, 0) is 15.3 Å². The number of carbonyl (C=O) groups is 1. The molecule has 2 aromatic rings. The van der Waals surface area contributed by atoms with Crippen LogP contribution in [0.5, 0.6) is 0 Å². The first-order valence-corrected chi connectivity index (χ1v) is 10.4. The van der Waals surface area contributed by atoms with Gasteiger partial charge in [0, 0.05) is 28.0 Å². The zero-order chi connectivity index (χ0) is 20.3. The molecular weight excluding hydrogens is 366 g/mol. The van der Waals surface area contributed by atoms with Crippen LogP contribution >= 0.6 is 11.8 Å². The van der Waals surface area contributed by atoms with Crippen LogP contribution in [0.1, 0.15) is 43.4 Å². The van der Waals surface area contributed by atoms with Gasteiger partial charge in [-0.05, 0) is 50.5 Å². The Labute approximate surface area is 171 Å². The zero-order valence-electron chi connectivity index (χ0n) is 17.1. The van der Waals surface area contributed by atoms with Gasteiger partial charge in [-0.3, -0.25) is 0 Å². The largest absolute Gasteiger partial charge is 0.466 e. The standard InChI is InChI=1S/C24H27NO2S/c1-15-10-12-19(13-11-15)14-28-21-9-7-6-8-20(21)22-16(2)17(3)25-18(4)23(22)24(26)27-5/h6-13,22,25H,14H2,1-5H3. The lowest BCUT2D eigenvalue weighted by atomic mass is 9.81. The van der Waals surface area contributed by atoms with E-state index in [0.717, 1.165) is 28.3 Å². The number of benzene rings is 2. The van der Waals surface area contributed by atoms with Crippen molar-refractivity contribution in [3.63, 3.8) is 0 Å². The minimum Gasteiger partial charge on any atom is -0.466 e. The molecule has 0 saturated carbocycles. The second kappa shape index (κ2) is 8.70. The van der Waals surface area contributed by atoms with E-state index in [1.807, 2.05) is 24.8 Å². The smallest absolute Gasteiger partial charge is 0.336 e. The van der Waals surface area contributed by atoms with Crippen LogP contribution < -0.4 is 5.32 Å². The fourth-order valence-electron chi connectivity index (χ4n) is 3.56. The van der Waals surface area contributed by atoms with Crippen LogP contribution in [0.3, 0.4) is 0 Å². The Balaban J connectivity index is 1.98. The average Bonchev–Trinajstić information content (AvgIpc) is 2.70. The van der Waals surface area contributed by atoms with E-state index in [0.29, 0.717) is 5.57 Å². The predicted molar refractivity (Wildman–Crippen MR) is 116 cm³/mol. The summed E-state index contributed by atoms with van der Waals surface area (Å²) in [7, 11) is 1.44. The summed E-state index contributed by atoms with van der Waals surface area (Å²) in [6, 6.07) is 17.0. The number of rotatable bonds is 5. The molecule has 1 unspecified atom stereocenters. The van der Waals surface area contributed by atoms with E-state index in [-0.39, 0.29) is 11.9 Å². The summed E-state index contributed by atoms with van der Waals surface area (Å²) in [5.74, 6) is 0.510. The van der Waals surface area contributed by atoms with Crippen LogP contribution in [0.15, 0.2) is 76.0 Å². The summed E-state index contributed by atoms with van der Waals surface area (Å²) in [5, 5.41) is 3.33. The Bertz CT molecular complexity index is 941. The molecule has 0 amide bonds. The fourth-order valence-corrected chi connectivity index (χ4v) is 4.60. The first-order chi connectivity index (χ1) is 13.4. The number of hydrogen-bond acceptors (Lipinski definition) is 4. The zero-order valence-corrected chi connectivity index (χ0v) is 17.9. The van der Waals surface area contributed by atoms with E-state index < -0.39 is 0 Å². The van der Waals surface area contributed by atoms with Crippen molar-refractivity contribution >= 4 is 17.7 Å². The first kappa shape index (κ1) is 20.3. The molecule has 0 spiro atoms. The molecule has 1 N–H and O–H groups in total. The van der Waals surface area contributed by atoms with E-state index >= 15 is 0 Å². The number of esters is 1. The van der Waals surface area contributed by atoms with Crippen LogP contribution in [0, 0.1) is 6.92 Å². The molecule has 1 atom stereocenters. The van der Waals surface area contributed by atoms with Crippen molar-refractivity contribution in [1.82, 2.24) is 5.32 Å². The highest BCUT2D eigenvalue weighted by Crippen LogP contribution is 2.42. The van der Waals surface area contributed by atoms with Crippen LogP contribution in [0.4, 0.5) is 0 Å². The summed E-state index contributed by atoms with van der Waals surface area (Å²) in [4.78, 5) is 13.8. The molecule has 0 bridgehead atoms. The second-order valence-corrected chi connectivity index (χ2v) is 8.23. The third kappa shape index (κ3) is 4.17. The highest BCUT2D eigenvalue weighted by molar-refractivity contribution is 7.98. The molecule has 3 rings (SSSR count). The summed E-state index contributed by atoms with van der Waals surface area (Å²) in [6.45, 7) is 8.19. The number of aryl methyl sites for hydroxylation is 1. The van der Waals surface area contributed by atoms with Gasteiger partial charge in [-0.25, -0.2) is 4.79 Å². The third-order valence-corrected chi connectivity index (χ3v) is 6.40. The number of dihydropyridines is 1. The summed E-state index contributed by atoms with van der Waals surface area (Å²) in [6.07, 6.45) is 0. The Morgan fingerprint density at radius 3 is 2.36 bits per heavy atom. The van der Waals surface area contributed by atoms with Crippen LogP contribution in [0.25, 0.3) is 0 Å². The lowest BCUT2D eigenvalue weighted by Gasteiger charge is -2.31. The van der Waals surface area contributed by atoms with Crippen molar-refractivity contribution in [2.24, 2.45) is 0 Å². The number of hydrogen-bond donors (Lipinski definition) is 1. The van der Waals surface area contributed by atoms with Crippen molar-refractivity contribution in [2.45, 2.75) is 44.3 Å². The molecule has 0 aromatic heterocycles. The molecule has 28 heavy (non-hydrogen) atoms. The molecule has 2 aromatic carbocycles. The van der Waals surface area contributed by atoms with Gasteiger partial charge in [-0.2, -0.15) is 0 Å². The minimum absolute atomic E-state index is 0.101. The Hall–Kier alpha value is -2.46. The molecule has 1 aliphatic heterocycles. The molecule has 1 heterocycles. The van der Waals surface area contributed by atoms with Crippen LogP contribution in [0.2, 0.25) is 0 Å². The normalized spacial score (nSPS) is 16.8. The minimum atomic E-state index is -0.278. The maximum absolute atomic E-state index is 12.6. The summed E-state index contributed by atoms with van der Waals surface area (Å²) < 4.78 is 5.11. The topological polar surface area (TPSA) is 38.3 Å². The number of ether oxygens (including phenoxy) is 1. The van der Waals surface area contributed by atoms with Gasteiger partial charge in [0.2, 0.25) is 0 Å². The van der Waals surface area contributed by atoms with E-state index in [9.17, 15) is 4.79 Å². The van der Waals surface area contributed by atoms with Gasteiger partial charge in [0.05, 0.1) is 12.7 Å². The van der Waals surface area contributed by atoms with Gasteiger partial charge >= 0.3 is 5.97 Å². The van der Waals surface area contributed by atoms with Gasteiger partial charge in [0.1, 0.15) is 0 Å². The van der Waals surface area contributed by atoms with Crippen molar-refractivity contribution in [1.29, 1.82) is 0 Å². The molecule has 0 aliphatic carbocycles. The van der Waals surface area contributed by atoms with Gasteiger partial charge in [0.15, 0.2) is 0 Å². The monoisotopic (exact) mass is 393 g/mol. The van der Waals surface area contributed by atoms with Gasteiger partial charge in [0.25, 0.3) is 0 Å². The molecule has 0 fully saturated rings. The highest BCUT2D eigenvalue weighted by atomic mass is 32.2. The molecule has 4 heteroatoms. The lowest BCUT2D eigenvalue weighted by molar-refractivity contribution is -0.136. The van der Waals surface area contributed by atoms with Gasteiger partial charge < -0.3 is 10.1 Å². The van der Waals surface area contributed by atoms with E-state index in [4.69, 9.17) is 4.74 Å². The first-order valence-electron chi connectivity index (χ1n) is 9.43. The van der Waals surface area contributed by atoms with Crippen LogP contribution in [-0.4, -0.2) is 13.1 Å². The van der Waals surface area contributed by atoms with Crippen molar-refractivity contribution in [2.75, 3.05) is 7.11 Å². The molecule has 0 radical (unpaired) electrons. The van der Waals surface area contributed by atoms with Gasteiger partial charge in [-0.1, -0.05) is 48.0 Å². The van der Waals surface area contributed by atoms with Gasteiger partial charge in [-0.15, -0.1) is 11.8 Å². The molecule has 0 saturated heterocycles. The molecule has 146 valence electrons. The Morgan fingerprint density at radius 1 is 1.00 bits per heavy atom. The molecule has 3 nitrogen and oxygen atoms in total. The second-order valence-electron chi connectivity index (χ2n) is 7.21. The fraction of sp³-hybridized carbons (Fsp3) is 0.292. The Kier molecular flexibility index (Phi) is 6.30. The highest BCUT2D eigenvalue weighted by Gasteiger charge is 2.32. The SMILES string of the molecule is COC(=O)C1=C(C)NC(C)=C(C)C1c1ccccc1SCc1ccc(C)cc1. The Morgan fingerprint density at radius 2 is 1.68 bits per heavy atom. The maximum Gasteiger partial charge on any atom is 0.336 e. The third-order valence-electron chi connectivity index (χ3n) is 5.24. The number of nitrogens with one attached hydrogen (secondary N) is 1. The summed E-state index contributed by atoms with van der Waals surface area (Å²) in [5.41, 5.74) is 7.50. The quantitative estimate of drug-likeness (QED) is 0.521. The summed E-state index contributed by atoms with van der Waals surface area (Å²) >= 11 is 1.81. The van der Waals surface area contributed by atoms with Crippen molar-refractivity contribution in [3.8, 4) is 0 Å². The average molecular weight is 394 g/mol. The maximum atomic E-state index is 12.6. The van der Waals surface area contributed by atoms with Crippen molar-refractivity contribution in [3.05, 3.63) is 87.8 Å². The van der Waals surface area contributed by atoms with E-state index in [1.54, 1.807) is 0 Å². The number of carbonyl (C=O) groups excluding carboxylic acids is 1. The number of thioether (sulfide) groups is 1. The van der Waals surface area contributed by atoms with E-state index in [2.05, 4.69) is 68.6 Å². The number of allylic oxidation sites excluding steroid dienone is 3. The molecular formula is C24H27NO2S. The number of methoxy groups -OCH3 is 1. The lowest BCUT2D eigenvalue weighted by Crippen LogP contribution is -2.28. The predicted octanol–water partition coefficient (Wildman–Crippen LogP) is 5.72. The van der Waals surface area contributed by atoms with Crippen molar-refractivity contribution < 1.29 is 9.53 Å². The van der Waals surface area contributed by atoms with E-state index in [1.165, 1.54) is 23.1 Å².